The summed E-state index contributed by atoms with van der Waals surface area (Å²) in [5.74, 6) is 0. The van der Waals surface area contributed by atoms with Crippen molar-refractivity contribution >= 4 is 0 Å². The van der Waals surface area contributed by atoms with Crippen LogP contribution >= 0.6 is 0 Å². The van der Waals surface area contributed by atoms with E-state index < -0.39 is 0 Å². The van der Waals surface area contributed by atoms with Gasteiger partial charge in [0.05, 0.1) is 18.5 Å². The molecule has 3 fully saturated rings. The standard InChI is InChI=1S/C14H28N4/c1-4-11-7-9-17-10(3)18-12(5-2)6-8-15-13(18)14(17)16-11/h10-16H,4-9H2,1-3H3/t10-,11+,12-,13+,14+/m1/s1. The first-order valence-electron chi connectivity index (χ1n) is 7.78. The molecular weight excluding hydrogens is 224 g/mol. The third-order valence-corrected chi connectivity index (χ3v) is 5.25. The van der Waals surface area contributed by atoms with E-state index in [1.165, 1.54) is 38.8 Å². The van der Waals surface area contributed by atoms with Gasteiger partial charge in [0.2, 0.25) is 0 Å². The lowest BCUT2D eigenvalue weighted by Gasteiger charge is -2.41. The lowest BCUT2D eigenvalue weighted by atomic mass is 10.0. The SMILES string of the molecule is CC[C@H]1CCN2[C@H](N1)[C@H]1NCC[C@@H](CC)N1[C@@H]2C. The second kappa shape index (κ2) is 5.08. The van der Waals surface area contributed by atoms with Crippen LogP contribution in [0.1, 0.15) is 46.5 Å². The van der Waals surface area contributed by atoms with Crippen LogP contribution in [0.5, 0.6) is 0 Å². The van der Waals surface area contributed by atoms with E-state index in [1.807, 2.05) is 0 Å². The van der Waals surface area contributed by atoms with Crippen molar-refractivity contribution in [1.82, 2.24) is 20.4 Å². The summed E-state index contributed by atoms with van der Waals surface area (Å²) in [6, 6.07) is 1.47. The van der Waals surface area contributed by atoms with E-state index >= 15 is 0 Å². The average Bonchev–Trinajstić information content (AvgIpc) is 2.72. The molecule has 3 saturated heterocycles. The Labute approximate surface area is 111 Å². The minimum atomic E-state index is 0.521. The Balaban J connectivity index is 1.80. The Morgan fingerprint density at radius 2 is 1.94 bits per heavy atom. The largest absolute Gasteiger partial charge is 0.299 e. The van der Waals surface area contributed by atoms with E-state index in [2.05, 4.69) is 41.2 Å². The third kappa shape index (κ3) is 1.90. The molecule has 0 aromatic rings. The van der Waals surface area contributed by atoms with Crippen LogP contribution in [0.25, 0.3) is 0 Å². The van der Waals surface area contributed by atoms with Crippen LogP contribution in [0.3, 0.4) is 0 Å². The average molecular weight is 252 g/mol. The molecule has 0 bridgehead atoms. The van der Waals surface area contributed by atoms with Gasteiger partial charge in [-0.1, -0.05) is 13.8 Å². The van der Waals surface area contributed by atoms with Crippen molar-refractivity contribution in [2.45, 2.75) is 77.0 Å². The summed E-state index contributed by atoms with van der Waals surface area (Å²) >= 11 is 0. The quantitative estimate of drug-likeness (QED) is 0.772. The summed E-state index contributed by atoms with van der Waals surface area (Å²) in [6.45, 7) is 9.44. The van der Waals surface area contributed by atoms with Crippen LogP contribution < -0.4 is 10.6 Å². The molecule has 0 radical (unpaired) electrons. The van der Waals surface area contributed by atoms with Gasteiger partial charge in [-0.2, -0.15) is 0 Å². The van der Waals surface area contributed by atoms with Gasteiger partial charge in [-0.25, -0.2) is 0 Å². The molecule has 3 aliphatic rings. The minimum Gasteiger partial charge on any atom is -0.299 e. The Hall–Kier alpha value is -0.160. The molecular formula is C14H28N4. The molecule has 0 aliphatic carbocycles. The summed E-state index contributed by atoms with van der Waals surface area (Å²) in [5, 5.41) is 7.60. The molecule has 0 aromatic heterocycles. The summed E-state index contributed by atoms with van der Waals surface area (Å²) in [6.07, 6.45) is 6.76. The number of nitrogens with zero attached hydrogens (tertiary/aromatic N) is 2. The van der Waals surface area contributed by atoms with Crippen LogP contribution in [0, 0.1) is 0 Å². The summed E-state index contributed by atoms with van der Waals surface area (Å²) in [7, 11) is 0. The van der Waals surface area contributed by atoms with Gasteiger partial charge in [0.25, 0.3) is 0 Å². The van der Waals surface area contributed by atoms with Gasteiger partial charge in [-0.05, 0) is 39.2 Å². The maximum absolute atomic E-state index is 3.86. The van der Waals surface area contributed by atoms with E-state index in [0.29, 0.717) is 24.5 Å². The summed E-state index contributed by atoms with van der Waals surface area (Å²) in [4.78, 5) is 5.39. The highest BCUT2D eigenvalue weighted by Gasteiger charge is 2.50. The Bertz CT molecular complexity index is 296. The second-order valence-corrected chi connectivity index (χ2v) is 6.07. The number of hydrogen-bond donors (Lipinski definition) is 2. The van der Waals surface area contributed by atoms with Crippen LogP contribution in [0.15, 0.2) is 0 Å². The molecule has 0 spiro atoms. The lowest BCUT2D eigenvalue weighted by Crippen LogP contribution is -2.63. The van der Waals surface area contributed by atoms with Crippen LogP contribution in [0.4, 0.5) is 0 Å². The molecule has 3 rings (SSSR count). The highest BCUT2D eigenvalue weighted by atomic mass is 15.6. The molecule has 0 aromatic carbocycles. The fraction of sp³-hybridized carbons (Fsp3) is 1.00. The van der Waals surface area contributed by atoms with E-state index in [1.54, 1.807) is 0 Å². The second-order valence-electron chi connectivity index (χ2n) is 6.07. The van der Waals surface area contributed by atoms with Gasteiger partial charge < -0.3 is 0 Å². The fourth-order valence-electron chi connectivity index (χ4n) is 4.16. The van der Waals surface area contributed by atoms with Crippen molar-refractivity contribution in [1.29, 1.82) is 0 Å². The van der Waals surface area contributed by atoms with Gasteiger partial charge in [0.1, 0.15) is 0 Å². The van der Waals surface area contributed by atoms with E-state index in [9.17, 15) is 0 Å². The molecule has 2 N–H and O–H groups in total. The molecule has 0 saturated carbocycles. The van der Waals surface area contributed by atoms with Crippen LogP contribution in [-0.2, 0) is 0 Å². The number of nitrogens with one attached hydrogen (secondary N) is 2. The smallest absolute Gasteiger partial charge is 0.0909 e. The number of rotatable bonds is 2. The molecule has 4 nitrogen and oxygen atoms in total. The van der Waals surface area contributed by atoms with E-state index in [-0.39, 0.29) is 0 Å². The lowest BCUT2D eigenvalue weighted by molar-refractivity contribution is 0.0505. The Morgan fingerprint density at radius 1 is 1.11 bits per heavy atom. The van der Waals surface area contributed by atoms with E-state index in [4.69, 9.17) is 0 Å². The van der Waals surface area contributed by atoms with Crippen LogP contribution in [-0.4, -0.2) is 53.5 Å². The minimum absolute atomic E-state index is 0.521. The Kier molecular flexibility index (Phi) is 3.63. The highest BCUT2D eigenvalue weighted by Crippen LogP contribution is 2.33. The molecule has 3 heterocycles. The fourth-order valence-corrected chi connectivity index (χ4v) is 4.16. The molecule has 5 atom stereocenters. The summed E-state index contributed by atoms with van der Waals surface area (Å²) < 4.78 is 0. The van der Waals surface area contributed by atoms with Crippen molar-refractivity contribution in [2.75, 3.05) is 13.1 Å². The molecule has 18 heavy (non-hydrogen) atoms. The summed E-state index contributed by atoms with van der Waals surface area (Å²) in [5.41, 5.74) is 0. The molecule has 3 aliphatic heterocycles. The first kappa shape index (κ1) is 12.9. The van der Waals surface area contributed by atoms with Gasteiger partial charge in [0, 0.05) is 18.6 Å². The first-order valence-corrected chi connectivity index (χ1v) is 7.78. The van der Waals surface area contributed by atoms with Crippen molar-refractivity contribution < 1.29 is 0 Å². The third-order valence-electron chi connectivity index (χ3n) is 5.25. The monoisotopic (exact) mass is 252 g/mol. The molecule has 0 amide bonds. The predicted octanol–water partition coefficient (Wildman–Crippen LogP) is 1.15. The molecule has 104 valence electrons. The maximum atomic E-state index is 3.86. The molecule has 0 unspecified atom stereocenters. The maximum Gasteiger partial charge on any atom is 0.0909 e. The van der Waals surface area contributed by atoms with E-state index in [0.717, 1.165) is 6.04 Å². The first-order chi connectivity index (χ1) is 8.76. The van der Waals surface area contributed by atoms with Crippen molar-refractivity contribution in [3.8, 4) is 0 Å². The Morgan fingerprint density at radius 3 is 2.67 bits per heavy atom. The normalized spacial score (nSPS) is 45.8. The van der Waals surface area contributed by atoms with Gasteiger partial charge in [0.15, 0.2) is 0 Å². The zero-order valence-corrected chi connectivity index (χ0v) is 12.0. The van der Waals surface area contributed by atoms with Gasteiger partial charge in [-0.15, -0.1) is 0 Å². The van der Waals surface area contributed by atoms with Crippen LogP contribution in [0.2, 0.25) is 0 Å². The van der Waals surface area contributed by atoms with Crippen molar-refractivity contribution in [3.05, 3.63) is 0 Å². The molecule has 4 heteroatoms. The topological polar surface area (TPSA) is 30.5 Å². The number of hydrogen-bond acceptors (Lipinski definition) is 4. The predicted molar refractivity (Wildman–Crippen MR) is 74.1 cm³/mol. The van der Waals surface area contributed by atoms with Crippen molar-refractivity contribution in [2.24, 2.45) is 0 Å². The van der Waals surface area contributed by atoms with Gasteiger partial charge >= 0.3 is 0 Å². The van der Waals surface area contributed by atoms with Crippen molar-refractivity contribution in [3.63, 3.8) is 0 Å². The zero-order chi connectivity index (χ0) is 12.7. The van der Waals surface area contributed by atoms with Gasteiger partial charge in [-0.3, -0.25) is 20.4 Å². The zero-order valence-electron chi connectivity index (χ0n) is 12.0. The number of fused-ring (bicyclic) bond motifs is 3. The highest BCUT2D eigenvalue weighted by molar-refractivity contribution is 5.02.